The average molecular weight is 581 g/mol. The van der Waals surface area contributed by atoms with Gasteiger partial charge < -0.3 is 14.0 Å². The molecule has 2 aromatic carbocycles. The Hall–Kier alpha value is -3.56. The molecule has 41 heavy (non-hydrogen) atoms. The van der Waals surface area contributed by atoms with Crippen molar-refractivity contribution in [3.8, 4) is 24.0 Å². The van der Waals surface area contributed by atoms with Gasteiger partial charge in [0.2, 0.25) is 0 Å². The van der Waals surface area contributed by atoms with Crippen molar-refractivity contribution >= 4 is 13.8 Å². The standard InChI is InChI=1S/C33H41O7P/c1-7-37-41(35,38-8-2)39-25-29-19-21-30(22-20-29)40-33(34)31-17-9-10-18-32(31)36-24-23-28(6)16-12-15-27(5)14-11-13-26(3)4/h1,9-10,13,15,17-23H,8,11-12,14,16,24-25H2,2-6H3. The van der Waals surface area contributed by atoms with E-state index in [2.05, 4.69) is 44.4 Å². The predicted molar refractivity (Wildman–Crippen MR) is 163 cm³/mol. The predicted octanol–water partition coefficient (Wildman–Crippen LogP) is 8.97. The molecule has 0 spiro atoms. The van der Waals surface area contributed by atoms with Crippen molar-refractivity contribution in [3.63, 3.8) is 0 Å². The molecule has 0 aromatic heterocycles. The lowest BCUT2D eigenvalue weighted by Gasteiger charge is -2.14. The summed E-state index contributed by atoms with van der Waals surface area (Å²) in [6, 6.07) is 13.5. The lowest BCUT2D eigenvalue weighted by molar-refractivity contribution is 0.0730. The summed E-state index contributed by atoms with van der Waals surface area (Å²) in [7, 11) is -3.84. The molecule has 1 atom stereocenters. The van der Waals surface area contributed by atoms with Crippen LogP contribution in [0.5, 0.6) is 11.5 Å². The summed E-state index contributed by atoms with van der Waals surface area (Å²) in [5.41, 5.74) is 4.97. The van der Waals surface area contributed by atoms with Gasteiger partial charge in [0.15, 0.2) is 0 Å². The van der Waals surface area contributed by atoms with E-state index in [4.69, 9.17) is 24.9 Å². The van der Waals surface area contributed by atoms with E-state index in [0.717, 1.165) is 25.7 Å². The van der Waals surface area contributed by atoms with Crippen LogP contribution in [0.25, 0.3) is 0 Å². The maximum absolute atomic E-state index is 12.9. The molecule has 8 heteroatoms. The van der Waals surface area contributed by atoms with Crippen LogP contribution in [0.1, 0.15) is 76.2 Å². The van der Waals surface area contributed by atoms with Crippen molar-refractivity contribution in [2.24, 2.45) is 0 Å². The molecule has 220 valence electrons. The van der Waals surface area contributed by atoms with Gasteiger partial charge in [-0.1, -0.05) is 59.6 Å². The zero-order chi connectivity index (χ0) is 30.1. The number of hydrogen-bond donors (Lipinski definition) is 0. The van der Waals surface area contributed by atoms with Gasteiger partial charge in [-0.25, -0.2) is 9.36 Å². The molecular weight excluding hydrogens is 539 g/mol. The van der Waals surface area contributed by atoms with Crippen LogP contribution in [-0.4, -0.2) is 19.2 Å². The minimum atomic E-state index is -3.84. The molecule has 0 N–H and O–H groups in total. The van der Waals surface area contributed by atoms with Gasteiger partial charge in [0.05, 0.1) is 13.2 Å². The number of esters is 1. The van der Waals surface area contributed by atoms with Crippen molar-refractivity contribution in [2.75, 3.05) is 13.2 Å². The fourth-order valence-corrected chi connectivity index (χ4v) is 4.59. The van der Waals surface area contributed by atoms with Crippen molar-refractivity contribution in [2.45, 2.75) is 66.9 Å². The Morgan fingerprint density at radius 1 is 0.902 bits per heavy atom. The average Bonchev–Trinajstić information content (AvgIpc) is 2.93. The molecule has 0 fully saturated rings. The highest BCUT2D eigenvalue weighted by Crippen LogP contribution is 2.49. The molecule has 0 amide bonds. The summed E-state index contributed by atoms with van der Waals surface area (Å²) in [5, 5.41) is 0. The van der Waals surface area contributed by atoms with Crippen LogP contribution in [0.3, 0.4) is 0 Å². The van der Waals surface area contributed by atoms with Gasteiger partial charge in [0.1, 0.15) is 29.8 Å². The van der Waals surface area contributed by atoms with Crippen LogP contribution < -0.4 is 9.47 Å². The maximum atomic E-state index is 12.9. The summed E-state index contributed by atoms with van der Waals surface area (Å²) < 4.78 is 38.7. The highest BCUT2D eigenvalue weighted by Gasteiger charge is 2.27. The molecule has 2 aromatic rings. The van der Waals surface area contributed by atoms with E-state index in [1.54, 1.807) is 49.4 Å². The lowest BCUT2D eigenvalue weighted by atomic mass is 10.1. The van der Waals surface area contributed by atoms with Gasteiger partial charge in [-0.2, -0.15) is 0 Å². The first kappa shape index (κ1) is 33.6. The minimum absolute atomic E-state index is 0.0665. The Balaban J connectivity index is 1.89. The third-order valence-electron chi connectivity index (χ3n) is 5.88. The van der Waals surface area contributed by atoms with Crippen molar-refractivity contribution in [1.29, 1.82) is 0 Å². The van der Waals surface area contributed by atoms with E-state index in [1.807, 2.05) is 18.2 Å². The summed E-state index contributed by atoms with van der Waals surface area (Å²) >= 11 is 0. The first-order chi connectivity index (χ1) is 19.7. The second-order valence-corrected chi connectivity index (χ2v) is 11.2. The molecule has 0 aliphatic carbocycles. The second-order valence-electron chi connectivity index (χ2n) is 9.65. The molecular formula is C33H41O7P. The normalized spacial score (nSPS) is 13.1. The monoisotopic (exact) mass is 580 g/mol. The molecule has 1 unspecified atom stereocenters. The van der Waals surface area contributed by atoms with Gasteiger partial charge in [0.25, 0.3) is 0 Å². The summed E-state index contributed by atoms with van der Waals surface area (Å²) in [5.74, 6) is 0.241. The number of para-hydroxylation sites is 1. The number of rotatable bonds is 17. The number of allylic oxidation sites excluding steroid dienone is 5. The number of phosphoric acid groups is 1. The maximum Gasteiger partial charge on any atom is 0.538 e. The van der Waals surface area contributed by atoms with E-state index < -0.39 is 13.8 Å². The molecule has 7 nitrogen and oxygen atoms in total. The number of ether oxygens (including phenoxy) is 2. The Kier molecular flexibility index (Phi) is 14.8. The van der Waals surface area contributed by atoms with Crippen molar-refractivity contribution in [1.82, 2.24) is 0 Å². The zero-order valence-electron chi connectivity index (χ0n) is 24.7. The number of carbonyl (C=O) groups excluding carboxylic acids is 1. The molecule has 0 heterocycles. The summed E-state index contributed by atoms with van der Waals surface area (Å²) in [6.45, 7) is 10.6. The van der Waals surface area contributed by atoms with Gasteiger partial charge in [0, 0.05) is 0 Å². The Bertz CT molecular complexity index is 1300. The summed E-state index contributed by atoms with van der Waals surface area (Å²) in [6.07, 6.45) is 17.6. The van der Waals surface area contributed by atoms with E-state index in [-0.39, 0.29) is 13.2 Å². The van der Waals surface area contributed by atoms with E-state index in [0.29, 0.717) is 29.2 Å². The molecule has 0 bridgehead atoms. The number of benzene rings is 2. The SMILES string of the molecule is C#COP(=O)(OCC)OCc1ccc(OC(=O)c2ccccc2OCC=C(C)CCC=C(C)CCC=C(C)C)cc1. The number of hydrogen-bond acceptors (Lipinski definition) is 7. The van der Waals surface area contributed by atoms with Gasteiger partial charge in [-0.3, -0.25) is 9.05 Å². The Labute approximate surface area is 244 Å². The third-order valence-corrected chi connectivity index (χ3v) is 7.22. The van der Waals surface area contributed by atoms with Crippen LogP contribution in [0, 0.1) is 12.5 Å². The minimum Gasteiger partial charge on any atom is -0.489 e. The number of phosphoric ester groups is 1. The fourth-order valence-electron chi connectivity index (χ4n) is 3.66. The molecule has 0 saturated carbocycles. The van der Waals surface area contributed by atoms with Crippen molar-refractivity contribution < 1.29 is 32.4 Å². The van der Waals surface area contributed by atoms with Crippen LogP contribution in [0.4, 0.5) is 0 Å². The summed E-state index contributed by atoms with van der Waals surface area (Å²) in [4.78, 5) is 12.9. The van der Waals surface area contributed by atoms with Crippen LogP contribution >= 0.6 is 7.82 Å². The van der Waals surface area contributed by atoms with Crippen LogP contribution in [-0.2, 0) is 24.7 Å². The highest BCUT2D eigenvalue weighted by atomic mass is 31.2. The molecule has 0 saturated heterocycles. The van der Waals surface area contributed by atoms with Gasteiger partial charge in [-0.15, -0.1) is 0 Å². The number of terminal acetylenes is 1. The van der Waals surface area contributed by atoms with Gasteiger partial charge >= 0.3 is 13.8 Å². The van der Waals surface area contributed by atoms with Crippen LogP contribution in [0.15, 0.2) is 83.5 Å². The molecule has 0 aliphatic rings. The third kappa shape index (κ3) is 13.1. The van der Waals surface area contributed by atoms with E-state index in [1.165, 1.54) is 16.7 Å². The smallest absolute Gasteiger partial charge is 0.489 e. The van der Waals surface area contributed by atoms with E-state index >= 15 is 0 Å². The first-order valence-electron chi connectivity index (χ1n) is 13.7. The molecule has 0 radical (unpaired) electrons. The second kappa shape index (κ2) is 18.0. The molecule has 0 aliphatic heterocycles. The first-order valence-corrected chi connectivity index (χ1v) is 15.1. The quantitative estimate of drug-likeness (QED) is 0.0607. The zero-order valence-corrected chi connectivity index (χ0v) is 25.6. The largest absolute Gasteiger partial charge is 0.538 e. The van der Waals surface area contributed by atoms with Gasteiger partial charge in [-0.05, 0) is 96.2 Å². The Morgan fingerprint density at radius 2 is 1.56 bits per heavy atom. The lowest BCUT2D eigenvalue weighted by Crippen LogP contribution is -2.11. The van der Waals surface area contributed by atoms with Crippen LogP contribution in [0.2, 0.25) is 0 Å². The fraction of sp³-hybridized carbons (Fsp3) is 0.364. The highest BCUT2D eigenvalue weighted by molar-refractivity contribution is 7.48. The molecule has 2 rings (SSSR count). The van der Waals surface area contributed by atoms with Crippen molar-refractivity contribution in [3.05, 3.63) is 94.6 Å². The topological polar surface area (TPSA) is 80.3 Å². The van der Waals surface area contributed by atoms with E-state index in [9.17, 15) is 9.36 Å². The Morgan fingerprint density at radius 3 is 2.22 bits per heavy atom. The number of carbonyl (C=O) groups is 1.